The SMILES string of the molecule is Cc1cc(Cl)nc(/C=C/C(=O)O)c1N. The summed E-state index contributed by atoms with van der Waals surface area (Å²) in [7, 11) is 0. The van der Waals surface area contributed by atoms with Gasteiger partial charge in [0.1, 0.15) is 5.15 Å². The van der Waals surface area contributed by atoms with Crippen LogP contribution in [-0.4, -0.2) is 16.1 Å². The van der Waals surface area contributed by atoms with Crippen molar-refractivity contribution < 1.29 is 9.90 Å². The largest absolute Gasteiger partial charge is 0.478 e. The monoisotopic (exact) mass is 212 g/mol. The summed E-state index contributed by atoms with van der Waals surface area (Å²) in [4.78, 5) is 14.2. The molecule has 0 amide bonds. The summed E-state index contributed by atoms with van der Waals surface area (Å²) in [5, 5.41) is 8.71. The summed E-state index contributed by atoms with van der Waals surface area (Å²) in [5.74, 6) is -1.05. The number of carboxylic acids is 1. The number of aryl methyl sites for hydroxylation is 1. The van der Waals surface area contributed by atoms with Crippen molar-refractivity contribution in [2.75, 3.05) is 5.73 Å². The number of carboxylic acid groups (broad SMARTS) is 1. The van der Waals surface area contributed by atoms with Gasteiger partial charge in [0.2, 0.25) is 0 Å². The molecule has 1 heterocycles. The zero-order valence-electron chi connectivity index (χ0n) is 7.49. The number of aromatic nitrogens is 1. The highest BCUT2D eigenvalue weighted by molar-refractivity contribution is 6.29. The maximum atomic E-state index is 10.3. The summed E-state index contributed by atoms with van der Waals surface area (Å²) in [6.07, 6.45) is 2.28. The molecule has 0 aromatic carbocycles. The van der Waals surface area contributed by atoms with E-state index in [1.165, 1.54) is 6.08 Å². The zero-order valence-corrected chi connectivity index (χ0v) is 8.25. The van der Waals surface area contributed by atoms with Gasteiger partial charge in [-0.1, -0.05) is 11.6 Å². The van der Waals surface area contributed by atoms with Crippen molar-refractivity contribution in [2.24, 2.45) is 0 Å². The number of nitrogens with zero attached hydrogens (tertiary/aromatic N) is 1. The van der Waals surface area contributed by atoms with Crippen LogP contribution in [-0.2, 0) is 4.79 Å². The zero-order chi connectivity index (χ0) is 10.7. The van der Waals surface area contributed by atoms with Gasteiger partial charge in [-0.05, 0) is 24.6 Å². The van der Waals surface area contributed by atoms with Crippen LogP contribution in [0.4, 0.5) is 5.69 Å². The maximum Gasteiger partial charge on any atom is 0.328 e. The fourth-order valence-electron chi connectivity index (χ4n) is 0.943. The molecule has 1 aromatic heterocycles. The predicted octanol–water partition coefficient (Wildman–Crippen LogP) is 1.72. The second-order valence-corrected chi connectivity index (χ2v) is 3.12. The first kappa shape index (κ1) is 10.5. The fourth-order valence-corrected chi connectivity index (χ4v) is 1.20. The van der Waals surface area contributed by atoms with E-state index < -0.39 is 5.97 Å². The molecule has 4 nitrogen and oxygen atoms in total. The van der Waals surface area contributed by atoms with Crippen LogP contribution in [0.5, 0.6) is 0 Å². The van der Waals surface area contributed by atoms with E-state index >= 15 is 0 Å². The van der Waals surface area contributed by atoms with Crippen LogP contribution in [0, 0.1) is 6.92 Å². The summed E-state index contributed by atoms with van der Waals surface area (Å²) in [6.45, 7) is 1.78. The molecule has 0 saturated carbocycles. The molecular weight excluding hydrogens is 204 g/mol. The number of anilines is 1. The molecule has 5 heteroatoms. The number of hydrogen-bond donors (Lipinski definition) is 2. The Kier molecular flexibility index (Phi) is 3.09. The molecule has 0 saturated heterocycles. The third kappa shape index (κ3) is 2.47. The Morgan fingerprint density at radius 1 is 1.71 bits per heavy atom. The van der Waals surface area contributed by atoms with Gasteiger partial charge in [-0.3, -0.25) is 0 Å². The summed E-state index contributed by atoms with van der Waals surface area (Å²) < 4.78 is 0. The molecule has 3 N–H and O–H groups in total. The molecule has 0 spiro atoms. The van der Waals surface area contributed by atoms with Crippen molar-refractivity contribution in [1.29, 1.82) is 0 Å². The van der Waals surface area contributed by atoms with E-state index in [4.69, 9.17) is 22.4 Å². The minimum atomic E-state index is -1.05. The lowest BCUT2D eigenvalue weighted by atomic mass is 10.2. The number of nitrogen functional groups attached to an aromatic ring is 1. The topological polar surface area (TPSA) is 76.2 Å². The predicted molar refractivity (Wildman–Crippen MR) is 55.1 cm³/mol. The average molecular weight is 213 g/mol. The van der Waals surface area contributed by atoms with Gasteiger partial charge in [0.05, 0.1) is 11.4 Å². The second-order valence-electron chi connectivity index (χ2n) is 2.73. The van der Waals surface area contributed by atoms with Crippen molar-refractivity contribution >= 4 is 29.3 Å². The van der Waals surface area contributed by atoms with Crippen LogP contribution in [0.2, 0.25) is 5.15 Å². The Bertz CT molecular complexity index is 402. The normalized spacial score (nSPS) is 10.7. The molecule has 74 valence electrons. The van der Waals surface area contributed by atoms with Crippen LogP contribution in [0.3, 0.4) is 0 Å². The number of halogens is 1. The third-order valence-corrected chi connectivity index (χ3v) is 1.84. The highest BCUT2D eigenvalue weighted by atomic mass is 35.5. The van der Waals surface area contributed by atoms with Crippen molar-refractivity contribution in [3.63, 3.8) is 0 Å². The smallest absolute Gasteiger partial charge is 0.328 e. The molecule has 0 radical (unpaired) electrons. The van der Waals surface area contributed by atoms with E-state index in [1.807, 2.05) is 0 Å². The van der Waals surface area contributed by atoms with E-state index in [0.29, 0.717) is 16.5 Å². The lowest BCUT2D eigenvalue weighted by molar-refractivity contribution is -0.131. The van der Waals surface area contributed by atoms with Gasteiger partial charge in [-0.15, -0.1) is 0 Å². The molecule has 0 fully saturated rings. The molecule has 0 unspecified atom stereocenters. The Hall–Kier alpha value is -1.55. The minimum absolute atomic E-state index is 0.293. The molecule has 0 aliphatic carbocycles. The van der Waals surface area contributed by atoms with Gasteiger partial charge in [0, 0.05) is 6.08 Å². The molecule has 0 bridgehead atoms. The number of aliphatic carboxylic acids is 1. The van der Waals surface area contributed by atoms with Gasteiger partial charge in [0.15, 0.2) is 0 Å². The summed E-state index contributed by atoms with van der Waals surface area (Å²) in [5.41, 5.74) is 7.26. The van der Waals surface area contributed by atoms with Crippen LogP contribution in [0.25, 0.3) is 6.08 Å². The average Bonchev–Trinajstić information content (AvgIpc) is 2.08. The van der Waals surface area contributed by atoms with Crippen molar-refractivity contribution in [3.05, 3.63) is 28.6 Å². The van der Waals surface area contributed by atoms with Gasteiger partial charge in [-0.2, -0.15) is 0 Å². The first-order valence-electron chi connectivity index (χ1n) is 3.84. The van der Waals surface area contributed by atoms with Gasteiger partial charge >= 0.3 is 5.97 Å². The van der Waals surface area contributed by atoms with Crippen molar-refractivity contribution in [1.82, 2.24) is 4.98 Å². The van der Waals surface area contributed by atoms with Crippen LogP contribution >= 0.6 is 11.6 Å². The Morgan fingerprint density at radius 2 is 2.36 bits per heavy atom. The Balaban J connectivity index is 3.14. The molecule has 0 aliphatic heterocycles. The molecule has 14 heavy (non-hydrogen) atoms. The Morgan fingerprint density at radius 3 is 2.93 bits per heavy atom. The molecule has 1 aromatic rings. The lowest BCUT2D eigenvalue weighted by Crippen LogP contribution is -1.97. The van der Waals surface area contributed by atoms with Crippen LogP contribution < -0.4 is 5.73 Å². The van der Waals surface area contributed by atoms with E-state index in [1.54, 1.807) is 13.0 Å². The minimum Gasteiger partial charge on any atom is -0.478 e. The van der Waals surface area contributed by atoms with E-state index in [2.05, 4.69) is 4.98 Å². The maximum absolute atomic E-state index is 10.3. The standard InChI is InChI=1S/C9H9ClN2O2/c1-5-4-7(10)12-6(9(5)11)2-3-8(13)14/h2-4H,11H2,1H3,(H,13,14)/b3-2+. The van der Waals surface area contributed by atoms with Crippen molar-refractivity contribution in [3.8, 4) is 0 Å². The van der Waals surface area contributed by atoms with E-state index in [-0.39, 0.29) is 0 Å². The van der Waals surface area contributed by atoms with Gasteiger partial charge in [0.25, 0.3) is 0 Å². The second kappa shape index (κ2) is 4.11. The van der Waals surface area contributed by atoms with E-state index in [0.717, 1.165) is 11.6 Å². The molecule has 0 aliphatic rings. The van der Waals surface area contributed by atoms with Gasteiger partial charge < -0.3 is 10.8 Å². The number of nitrogens with two attached hydrogens (primary N) is 1. The molecular formula is C9H9ClN2O2. The quantitative estimate of drug-likeness (QED) is 0.578. The van der Waals surface area contributed by atoms with Crippen LogP contribution in [0.15, 0.2) is 12.1 Å². The lowest BCUT2D eigenvalue weighted by Gasteiger charge is -2.03. The highest BCUT2D eigenvalue weighted by Crippen LogP contribution is 2.19. The third-order valence-electron chi connectivity index (χ3n) is 1.65. The number of carbonyl (C=O) groups is 1. The van der Waals surface area contributed by atoms with Crippen molar-refractivity contribution in [2.45, 2.75) is 6.92 Å². The molecule has 0 atom stereocenters. The number of pyridine rings is 1. The summed E-state index contributed by atoms with van der Waals surface area (Å²) >= 11 is 5.69. The van der Waals surface area contributed by atoms with Gasteiger partial charge in [-0.25, -0.2) is 9.78 Å². The highest BCUT2D eigenvalue weighted by Gasteiger charge is 2.03. The molecule has 1 rings (SSSR count). The number of hydrogen-bond acceptors (Lipinski definition) is 3. The summed E-state index contributed by atoms with van der Waals surface area (Å²) in [6, 6.07) is 1.62. The Labute approximate surface area is 86.0 Å². The fraction of sp³-hybridized carbons (Fsp3) is 0.111. The van der Waals surface area contributed by atoms with E-state index in [9.17, 15) is 4.79 Å². The first-order valence-corrected chi connectivity index (χ1v) is 4.22. The first-order chi connectivity index (χ1) is 6.50. The number of rotatable bonds is 2. The van der Waals surface area contributed by atoms with Crippen LogP contribution in [0.1, 0.15) is 11.3 Å².